The van der Waals surface area contributed by atoms with Crippen LogP contribution >= 0.6 is 0 Å². The summed E-state index contributed by atoms with van der Waals surface area (Å²) in [5, 5.41) is 8.96. The number of carboxylic acid groups (broad SMARTS) is 1. The molecule has 0 fully saturated rings. The monoisotopic (exact) mass is 300 g/mol. The second-order valence-electron chi connectivity index (χ2n) is 6.11. The van der Waals surface area contributed by atoms with Crippen LogP contribution in [0.15, 0.2) is 35.4 Å². The van der Waals surface area contributed by atoms with Crippen molar-refractivity contribution in [2.45, 2.75) is 38.4 Å². The Hall–Kier alpha value is -2.27. The minimum atomic E-state index is -0.986. The third-order valence-corrected chi connectivity index (χ3v) is 4.12. The Morgan fingerprint density at radius 1 is 1.23 bits per heavy atom. The van der Waals surface area contributed by atoms with Gasteiger partial charge >= 0.3 is 5.97 Å². The Morgan fingerprint density at radius 3 is 2.41 bits per heavy atom. The summed E-state index contributed by atoms with van der Waals surface area (Å²) < 4.78 is 5.78. The van der Waals surface area contributed by atoms with Crippen molar-refractivity contribution in [1.82, 2.24) is 0 Å². The first-order valence-corrected chi connectivity index (χ1v) is 7.13. The lowest BCUT2D eigenvalue weighted by Crippen LogP contribution is -2.45. The highest BCUT2D eigenvalue weighted by Crippen LogP contribution is 2.41. The summed E-state index contributed by atoms with van der Waals surface area (Å²) in [5.41, 5.74) is 0.551. The van der Waals surface area contributed by atoms with Gasteiger partial charge in [0.15, 0.2) is 11.6 Å². The van der Waals surface area contributed by atoms with Crippen LogP contribution in [0.5, 0.6) is 0 Å². The zero-order valence-electron chi connectivity index (χ0n) is 12.4. The van der Waals surface area contributed by atoms with Crippen LogP contribution in [0.25, 0.3) is 0 Å². The Bertz CT molecular complexity index is 726. The molecule has 0 bridgehead atoms. The number of fused-ring (bicyclic) bond motifs is 1. The minimum absolute atomic E-state index is 0.157. The molecule has 0 saturated heterocycles. The van der Waals surface area contributed by atoms with E-state index in [9.17, 15) is 14.4 Å². The second-order valence-corrected chi connectivity index (χ2v) is 6.11. The highest BCUT2D eigenvalue weighted by Gasteiger charge is 2.45. The summed E-state index contributed by atoms with van der Waals surface area (Å²) >= 11 is 0. The number of Topliss-reactive ketones (excluding diaryl/α,β-unsaturated/α-hetero) is 2. The van der Waals surface area contributed by atoms with Crippen LogP contribution in [0, 0.1) is 0 Å². The van der Waals surface area contributed by atoms with Gasteiger partial charge in [-0.15, -0.1) is 0 Å². The molecular weight excluding hydrogens is 284 g/mol. The van der Waals surface area contributed by atoms with Crippen molar-refractivity contribution in [3.05, 3.63) is 46.5 Å². The topological polar surface area (TPSA) is 80.7 Å². The van der Waals surface area contributed by atoms with Gasteiger partial charge in [0.05, 0.1) is 18.1 Å². The summed E-state index contributed by atoms with van der Waals surface area (Å²) in [6, 6.07) is 6.71. The van der Waals surface area contributed by atoms with E-state index >= 15 is 0 Å². The van der Waals surface area contributed by atoms with Gasteiger partial charge in [-0.25, -0.2) is 0 Å². The molecule has 0 saturated carbocycles. The molecule has 1 unspecified atom stereocenters. The highest BCUT2D eigenvalue weighted by molar-refractivity contribution is 6.27. The van der Waals surface area contributed by atoms with E-state index in [0.717, 1.165) is 0 Å². The summed E-state index contributed by atoms with van der Waals surface area (Å²) in [4.78, 5) is 36.4. The van der Waals surface area contributed by atoms with Gasteiger partial charge in [-0.05, 0) is 13.8 Å². The first-order valence-electron chi connectivity index (χ1n) is 7.13. The number of carbonyl (C=O) groups excluding carboxylic acids is 2. The number of ketones is 2. The van der Waals surface area contributed by atoms with Crippen molar-refractivity contribution in [3.63, 3.8) is 0 Å². The lowest BCUT2D eigenvalue weighted by molar-refractivity contribution is -0.143. The van der Waals surface area contributed by atoms with E-state index in [-0.39, 0.29) is 24.4 Å². The lowest BCUT2D eigenvalue weighted by atomic mass is 9.74. The summed E-state index contributed by atoms with van der Waals surface area (Å²) in [6.45, 7) is 3.41. The first-order chi connectivity index (χ1) is 10.3. The lowest BCUT2D eigenvalue weighted by Gasteiger charge is -2.40. The van der Waals surface area contributed by atoms with Crippen molar-refractivity contribution < 1.29 is 24.2 Å². The maximum atomic E-state index is 12.7. The molecule has 1 heterocycles. The van der Waals surface area contributed by atoms with Crippen molar-refractivity contribution >= 4 is 17.5 Å². The van der Waals surface area contributed by atoms with Gasteiger partial charge in [-0.1, -0.05) is 24.3 Å². The average Bonchev–Trinajstić information content (AvgIpc) is 2.42. The van der Waals surface area contributed by atoms with Gasteiger partial charge in [0, 0.05) is 28.7 Å². The summed E-state index contributed by atoms with van der Waals surface area (Å²) in [5.74, 6) is -1.39. The van der Waals surface area contributed by atoms with Gasteiger partial charge in [-0.3, -0.25) is 14.4 Å². The molecule has 0 amide bonds. The summed E-state index contributed by atoms with van der Waals surface area (Å²) in [6.07, 6.45) is -0.638. The number of carboxylic acids is 1. The van der Waals surface area contributed by atoms with Crippen LogP contribution in [0.3, 0.4) is 0 Å². The van der Waals surface area contributed by atoms with Crippen molar-refractivity contribution in [2.24, 2.45) is 0 Å². The fraction of sp³-hybridized carbons (Fsp3) is 0.353. The van der Waals surface area contributed by atoms with Gasteiger partial charge in [-0.2, -0.15) is 0 Å². The molecule has 2 aliphatic rings. The first kappa shape index (κ1) is 14.7. The van der Waals surface area contributed by atoms with Crippen LogP contribution in [-0.4, -0.2) is 34.3 Å². The molecule has 0 spiro atoms. The maximum absolute atomic E-state index is 12.7. The van der Waals surface area contributed by atoms with Gasteiger partial charge < -0.3 is 9.84 Å². The van der Waals surface area contributed by atoms with E-state index < -0.39 is 17.7 Å². The fourth-order valence-electron chi connectivity index (χ4n) is 3.31. The van der Waals surface area contributed by atoms with Gasteiger partial charge in [0.1, 0.15) is 0 Å². The van der Waals surface area contributed by atoms with Crippen LogP contribution in [-0.2, 0) is 9.53 Å². The molecule has 0 aromatic heterocycles. The molecule has 114 valence electrons. The number of aliphatic carboxylic acids is 1. The van der Waals surface area contributed by atoms with E-state index in [4.69, 9.17) is 9.84 Å². The number of hydrogen-bond donors (Lipinski definition) is 1. The summed E-state index contributed by atoms with van der Waals surface area (Å²) in [7, 11) is 0. The molecular formula is C17H16O5. The number of hydrogen-bond acceptors (Lipinski definition) is 4. The molecule has 5 heteroatoms. The molecule has 1 N–H and O–H groups in total. The molecule has 5 nitrogen and oxygen atoms in total. The maximum Gasteiger partial charge on any atom is 0.305 e. The third kappa shape index (κ3) is 2.18. The Labute approximate surface area is 127 Å². The smallest absolute Gasteiger partial charge is 0.305 e. The van der Waals surface area contributed by atoms with Crippen LogP contribution < -0.4 is 0 Å². The molecule has 0 radical (unpaired) electrons. The molecule has 1 aromatic carbocycles. The molecule has 1 atom stereocenters. The fourth-order valence-corrected chi connectivity index (χ4v) is 3.31. The molecule has 3 rings (SSSR count). The third-order valence-electron chi connectivity index (χ3n) is 4.12. The van der Waals surface area contributed by atoms with Crippen LogP contribution in [0.4, 0.5) is 0 Å². The minimum Gasteiger partial charge on any atom is -0.481 e. The molecule has 22 heavy (non-hydrogen) atoms. The van der Waals surface area contributed by atoms with Gasteiger partial charge in [0.25, 0.3) is 0 Å². The Morgan fingerprint density at radius 2 is 1.82 bits per heavy atom. The number of ether oxygens (including phenoxy) is 1. The van der Waals surface area contributed by atoms with Crippen molar-refractivity contribution in [1.29, 1.82) is 0 Å². The number of benzene rings is 1. The van der Waals surface area contributed by atoms with Gasteiger partial charge in [0.2, 0.25) is 0 Å². The van der Waals surface area contributed by atoms with Crippen molar-refractivity contribution in [3.8, 4) is 0 Å². The van der Waals surface area contributed by atoms with E-state index in [1.54, 1.807) is 38.1 Å². The largest absolute Gasteiger partial charge is 0.481 e. The molecule has 1 aliphatic heterocycles. The second kappa shape index (κ2) is 4.88. The van der Waals surface area contributed by atoms with Crippen LogP contribution in [0.1, 0.15) is 47.4 Å². The Balaban J connectivity index is 2.11. The average molecular weight is 300 g/mol. The van der Waals surface area contributed by atoms with E-state index in [0.29, 0.717) is 22.3 Å². The zero-order valence-corrected chi connectivity index (χ0v) is 12.4. The molecule has 1 aliphatic carbocycles. The van der Waals surface area contributed by atoms with Crippen molar-refractivity contribution in [2.75, 3.05) is 0 Å². The van der Waals surface area contributed by atoms with Crippen LogP contribution in [0.2, 0.25) is 0 Å². The Kier molecular flexibility index (Phi) is 3.25. The highest BCUT2D eigenvalue weighted by atomic mass is 16.5. The van der Waals surface area contributed by atoms with E-state index in [2.05, 4.69) is 0 Å². The normalized spacial score (nSPS) is 23.1. The predicted octanol–water partition coefficient (Wildman–Crippen LogP) is 2.40. The quantitative estimate of drug-likeness (QED) is 0.907. The zero-order chi connectivity index (χ0) is 16.1. The number of rotatable bonds is 2. The SMILES string of the molecule is CC1(C)OC(CC(=O)O)CC2=C1C(=O)c1ccccc1C2=O. The number of carbonyl (C=O) groups is 3. The van der Waals surface area contributed by atoms with E-state index in [1.807, 2.05) is 0 Å². The predicted molar refractivity (Wildman–Crippen MR) is 78.0 cm³/mol. The van der Waals surface area contributed by atoms with E-state index in [1.165, 1.54) is 0 Å². The standard InChI is InChI=1S/C17H16O5/c1-17(2)14-12(7-9(22-17)8-13(18)19)15(20)10-5-3-4-6-11(10)16(14)21/h3-6,9H,7-8H2,1-2H3,(H,18,19). The molecule has 1 aromatic rings.